The molecule has 1 aromatic heterocycles. The zero-order chi connectivity index (χ0) is 12.8. The summed E-state index contributed by atoms with van der Waals surface area (Å²) in [5.74, 6) is 1.48. The van der Waals surface area contributed by atoms with Crippen LogP contribution in [0.2, 0.25) is 0 Å². The van der Waals surface area contributed by atoms with E-state index in [2.05, 4.69) is 10.3 Å². The average Bonchev–Trinajstić information content (AvgIpc) is 3.11. The fourth-order valence-electron chi connectivity index (χ4n) is 3.39. The van der Waals surface area contributed by atoms with Gasteiger partial charge in [-0.25, -0.2) is 0 Å². The molecule has 0 bridgehead atoms. The molecule has 2 unspecified atom stereocenters. The summed E-state index contributed by atoms with van der Waals surface area (Å²) < 4.78 is 0. The molecule has 0 aliphatic carbocycles. The predicted octanol–water partition coefficient (Wildman–Crippen LogP) is 1.46. The van der Waals surface area contributed by atoms with Crippen molar-refractivity contribution in [2.75, 3.05) is 26.2 Å². The topological polar surface area (TPSA) is 48.1 Å². The Kier molecular flexibility index (Phi) is 2.38. The second-order valence-electron chi connectivity index (χ2n) is 5.67. The first-order valence-electron chi connectivity index (χ1n) is 6.88. The molecule has 4 rings (SSSR count). The Morgan fingerprint density at radius 1 is 1.16 bits per heavy atom. The number of hydrogen-bond donors (Lipinski definition) is 2. The molecule has 2 saturated heterocycles. The van der Waals surface area contributed by atoms with Crippen LogP contribution in [0, 0.1) is 11.8 Å². The molecule has 2 aliphatic heterocycles. The minimum absolute atomic E-state index is 0.178. The highest BCUT2D eigenvalue weighted by molar-refractivity contribution is 5.98. The smallest absolute Gasteiger partial charge is 0.253 e. The molecule has 2 fully saturated rings. The van der Waals surface area contributed by atoms with Gasteiger partial charge in [-0.1, -0.05) is 0 Å². The van der Waals surface area contributed by atoms with E-state index in [0.29, 0.717) is 11.8 Å². The highest BCUT2D eigenvalue weighted by atomic mass is 16.2. The van der Waals surface area contributed by atoms with Crippen molar-refractivity contribution >= 4 is 16.8 Å². The van der Waals surface area contributed by atoms with E-state index in [1.807, 2.05) is 35.4 Å². The van der Waals surface area contributed by atoms with Gasteiger partial charge in [0.2, 0.25) is 0 Å². The van der Waals surface area contributed by atoms with Gasteiger partial charge in [0.1, 0.15) is 0 Å². The zero-order valence-corrected chi connectivity index (χ0v) is 10.7. The first-order chi connectivity index (χ1) is 9.31. The Morgan fingerprint density at radius 3 is 2.74 bits per heavy atom. The lowest BCUT2D eigenvalue weighted by atomic mass is 10.0. The maximum Gasteiger partial charge on any atom is 0.253 e. The normalized spacial score (nSPS) is 26.0. The van der Waals surface area contributed by atoms with E-state index in [0.717, 1.165) is 42.6 Å². The number of likely N-dealkylation sites (tertiary alicyclic amines) is 1. The number of nitrogens with one attached hydrogen (secondary N) is 2. The van der Waals surface area contributed by atoms with Crippen LogP contribution in [-0.2, 0) is 0 Å². The highest BCUT2D eigenvalue weighted by Crippen LogP contribution is 2.27. The van der Waals surface area contributed by atoms with Crippen molar-refractivity contribution in [1.29, 1.82) is 0 Å². The van der Waals surface area contributed by atoms with E-state index in [-0.39, 0.29) is 5.91 Å². The molecular formula is C15H17N3O. The van der Waals surface area contributed by atoms with E-state index in [9.17, 15) is 4.79 Å². The minimum Gasteiger partial charge on any atom is -0.361 e. The van der Waals surface area contributed by atoms with E-state index >= 15 is 0 Å². The van der Waals surface area contributed by atoms with Gasteiger partial charge in [-0.15, -0.1) is 0 Å². The number of carbonyl (C=O) groups excluding carboxylic acids is 1. The van der Waals surface area contributed by atoms with Crippen molar-refractivity contribution in [1.82, 2.24) is 15.2 Å². The lowest BCUT2D eigenvalue weighted by Gasteiger charge is -2.17. The molecule has 2 N–H and O–H groups in total. The number of benzene rings is 1. The molecule has 2 aliphatic rings. The summed E-state index contributed by atoms with van der Waals surface area (Å²) >= 11 is 0. The van der Waals surface area contributed by atoms with Gasteiger partial charge in [0, 0.05) is 48.8 Å². The summed E-state index contributed by atoms with van der Waals surface area (Å²) in [6, 6.07) is 7.91. The Labute approximate surface area is 111 Å². The third-order valence-corrected chi connectivity index (χ3v) is 4.48. The van der Waals surface area contributed by atoms with Crippen LogP contribution in [0.1, 0.15) is 10.4 Å². The second-order valence-corrected chi connectivity index (χ2v) is 5.67. The van der Waals surface area contributed by atoms with Gasteiger partial charge in [0.15, 0.2) is 0 Å². The van der Waals surface area contributed by atoms with E-state index in [4.69, 9.17) is 0 Å². The number of carbonyl (C=O) groups is 1. The van der Waals surface area contributed by atoms with E-state index in [1.54, 1.807) is 0 Å². The predicted molar refractivity (Wildman–Crippen MR) is 74.1 cm³/mol. The average molecular weight is 255 g/mol. The summed E-state index contributed by atoms with van der Waals surface area (Å²) in [4.78, 5) is 17.7. The SMILES string of the molecule is O=C(c1ccc2[nH]ccc2c1)N1CC2CNCC2C1. The molecule has 1 aromatic carbocycles. The van der Waals surface area contributed by atoms with Crippen LogP contribution < -0.4 is 5.32 Å². The quantitative estimate of drug-likeness (QED) is 0.810. The number of hydrogen-bond acceptors (Lipinski definition) is 2. The Balaban J connectivity index is 1.59. The van der Waals surface area contributed by atoms with Gasteiger partial charge in [-0.3, -0.25) is 4.79 Å². The molecule has 98 valence electrons. The van der Waals surface area contributed by atoms with Crippen molar-refractivity contribution in [2.24, 2.45) is 11.8 Å². The fraction of sp³-hybridized carbons (Fsp3) is 0.400. The van der Waals surface area contributed by atoms with Crippen LogP contribution in [-0.4, -0.2) is 42.0 Å². The Bertz CT molecular complexity index is 621. The standard InChI is InChI=1S/C15H17N3O/c19-15(18-8-12-6-16-7-13(12)9-18)11-1-2-14-10(5-11)3-4-17-14/h1-5,12-13,16-17H,6-9H2. The van der Waals surface area contributed by atoms with Crippen LogP contribution in [0.15, 0.2) is 30.5 Å². The third-order valence-electron chi connectivity index (χ3n) is 4.48. The molecule has 19 heavy (non-hydrogen) atoms. The summed E-state index contributed by atoms with van der Waals surface area (Å²) in [6.45, 7) is 3.93. The number of amides is 1. The molecule has 4 heteroatoms. The van der Waals surface area contributed by atoms with Gasteiger partial charge in [-0.2, -0.15) is 0 Å². The monoisotopic (exact) mass is 255 g/mol. The summed E-state index contributed by atoms with van der Waals surface area (Å²) in [7, 11) is 0. The van der Waals surface area contributed by atoms with Crippen LogP contribution in [0.3, 0.4) is 0 Å². The molecule has 4 nitrogen and oxygen atoms in total. The summed E-state index contributed by atoms with van der Waals surface area (Å²) in [5, 5.41) is 4.51. The summed E-state index contributed by atoms with van der Waals surface area (Å²) in [5.41, 5.74) is 1.89. The maximum absolute atomic E-state index is 12.5. The lowest BCUT2D eigenvalue weighted by molar-refractivity contribution is 0.0782. The van der Waals surface area contributed by atoms with Crippen LogP contribution in [0.5, 0.6) is 0 Å². The van der Waals surface area contributed by atoms with E-state index in [1.165, 1.54) is 0 Å². The Hall–Kier alpha value is -1.81. The largest absolute Gasteiger partial charge is 0.361 e. The van der Waals surface area contributed by atoms with Crippen molar-refractivity contribution in [2.45, 2.75) is 0 Å². The molecular weight excluding hydrogens is 238 g/mol. The van der Waals surface area contributed by atoms with Crippen molar-refractivity contribution in [3.63, 3.8) is 0 Å². The number of nitrogens with zero attached hydrogens (tertiary/aromatic N) is 1. The number of rotatable bonds is 1. The first-order valence-corrected chi connectivity index (χ1v) is 6.88. The van der Waals surface area contributed by atoms with Gasteiger partial charge in [0.25, 0.3) is 5.91 Å². The first kappa shape index (κ1) is 11.1. The molecule has 1 amide bonds. The van der Waals surface area contributed by atoms with Crippen LogP contribution >= 0.6 is 0 Å². The van der Waals surface area contributed by atoms with Crippen LogP contribution in [0.25, 0.3) is 10.9 Å². The highest BCUT2D eigenvalue weighted by Gasteiger charge is 2.38. The molecule has 0 radical (unpaired) electrons. The van der Waals surface area contributed by atoms with E-state index < -0.39 is 0 Å². The van der Waals surface area contributed by atoms with Gasteiger partial charge >= 0.3 is 0 Å². The third kappa shape index (κ3) is 1.75. The molecule has 2 atom stereocenters. The molecule has 0 spiro atoms. The fourth-order valence-corrected chi connectivity index (χ4v) is 3.39. The van der Waals surface area contributed by atoms with Gasteiger partial charge in [-0.05, 0) is 36.1 Å². The second kappa shape index (κ2) is 4.10. The van der Waals surface area contributed by atoms with Crippen molar-refractivity contribution in [3.8, 4) is 0 Å². The minimum atomic E-state index is 0.178. The number of H-pyrrole nitrogens is 1. The van der Waals surface area contributed by atoms with Crippen LogP contribution in [0.4, 0.5) is 0 Å². The molecule has 2 aromatic rings. The van der Waals surface area contributed by atoms with Crippen molar-refractivity contribution < 1.29 is 4.79 Å². The summed E-state index contributed by atoms with van der Waals surface area (Å²) in [6.07, 6.45) is 1.91. The van der Waals surface area contributed by atoms with Gasteiger partial charge in [0.05, 0.1) is 0 Å². The zero-order valence-electron chi connectivity index (χ0n) is 10.7. The molecule has 0 saturated carbocycles. The molecule has 3 heterocycles. The number of fused-ring (bicyclic) bond motifs is 2. The van der Waals surface area contributed by atoms with Crippen molar-refractivity contribution in [3.05, 3.63) is 36.0 Å². The number of aromatic amines is 1. The maximum atomic E-state index is 12.5. The Morgan fingerprint density at radius 2 is 1.95 bits per heavy atom. The number of aromatic nitrogens is 1. The van der Waals surface area contributed by atoms with Gasteiger partial charge < -0.3 is 15.2 Å². The lowest BCUT2D eigenvalue weighted by Crippen LogP contribution is -2.31.